The summed E-state index contributed by atoms with van der Waals surface area (Å²) in [5.74, 6) is 0.116. The van der Waals surface area contributed by atoms with E-state index in [1.54, 1.807) is 12.4 Å². The molecule has 136 valence electrons. The summed E-state index contributed by atoms with van der Waals surface area (Å²) in [6, 6.07) is 8.84. The first-order valence-corrected chi connectivity index (χ1v) is 8.61. The van der Waals surface area contributed by atoms with E-state index in [0.717, 1.165) is 31.9 Å². The maximum atomic E-state index is 11.0. The number of aryl methyl sites for hydroxylation is 1. The monoisotopic (exact) mass is 353 g/mol. The van der Waals surface area contributed by atoms with Gasteiger partial charge in [-0.25, -0.2) is 10.5 Å². The lowest BCUT2D eigenvalue weighted by atomic mass is 10.1. The summed E-state index contributed by atoms with van der Waals surface area (Å²) >= 11 is 0. The Morgan fingerprint density at radius 3 is 2.92 bits per heavy atom. The fourth-order valence-electron chi connectivity index (χ4n) is 3.03. The van der Waals surface area contributed by atoms with Crippen LogP contribution in [-0.4, -0.2) is 45.1 Å². The lowest BCUT2D eigenvalue weighted by Crippen LogP contribution is -2.26. The van der Waals surface area contributed by atoms with E-state index >= 15 is 0 Å². The molecule has 0 spiro atoms. The van der Waals surface area contributed by atoms with Gasteiger partial charge in [0.2, 0.25) is 0 Å². The normalized spacial score (nSPS) is 17.5. The zero-order valence-corrected chi connectivity index (χ0v) is 14.7. The molecule has 1 aromatic heterocycles. The van der Waals surface area contributed by atoms with Gasteiger partial charge in [0.15, 0.2) is 0 Å². The van der Waals surface area contributed by atoms with E-state index in [-0.39, 0.29) is 0 Å². The van der Waals surface area contributed by atoms with Crippen LogP contribution >= 0.6 is 0 Å². The number of carbonyl (C=O) groups excluding carboxylic acids is 1. The Morgan fingerprint density at radius 2 is 2.19 bits per heavy atom. The molecule has 0 saturated carbocycles. The van der Waals surface area contributed by atoms with Crippen LogP contribution in [0.4, 0.5) is 5.82 Å². The Labute approximate surface area is 152 Å². The first kappa shape index (κ1) is 18.0. The molecule has 3 N–H and O–H groups in total. The quantitative estimate of drug-likeness (QED) is 0.418. The van der Waals surface area contributed by atoms with E-state index in [1.165, 1.54) is 28.8 Å². The van der Waals surface area contributed by atoms with Gasteiger partial charge in [-0.1, -0.05) is 24.3 Å². The number of aromatic nitrogens is 2. The molecule has 7 heteroatoms. The number of hydrogen-bond donors (Lipinski definition) is 3. The van der Waals surface area contributed by atoms with Crippen molar-refractivity contribution in [3.8, 4) is 0 Å². The summed E-state index contributed by atoms with van der Waals surface area (Å²) < 4.78 is 0. The summed E-state index contributed by atoms with van der Waals surface area (Å²) in [5.41, 5.74) is 4.78. The minimum Gasteiger partial charge on any atom is -0.365 e. The summed E-state index contributed by atoms with van der Waals surface area (Å²) in [7, 11) is 0. The standard InChI is InChI=1S/C19H23N5O2/c1-14-4-2-3-5-15(14)12-24-9-8-17(13-24)22-18-11-20-16(10-21-18)6-7-19(25)23-26/h2-7,10-11,17,26H,8-9,12-13H2,1H3,(H,21,22)(H,23,25)/t17-/m1/s1. The van der Waals surface area contributed by atoms with Gasteiger partial charge in [0.25, 0.3) is 5.91 Å². The summed E-state index contributed by atoms with van der Waals surface area (Å²) in [6.45, 7) is 5.13. The Morgan fingerprint density at radius 1 is 1.35 bits per heavy atom. The summed E-state index contributed by atoms with van der Waals surface area (Å²) in [5, 5.41) is 11.9. The van der Waals surface area contributed by atoms with Crippen LogP contribution in [0.5, 0.6) is 0 Å². The van der Waals surface area contributed by atoms with Crippen molar-refractivity contribution < 1.29 is 10.0 Å². The SMILES string of the molecule is Cc1ccccc1CN1CC[C@@H](Nc2cnc(C=CC(=O)NO)cn2)C1. The fraction of sp³-hybridized carbons (Fsp3) is 0.316. The number of rotatable bonds is 6. The van der Waals surface area contributed by atoms with Gasteiger partial charge >= 0.3 is 0 Å². The van der Waals surface area contributed by atoms with Crippen molar-refractivity contribution in [1.82, 2.24) is 20.3 Å². The van der Waals surface area contributed by atoms with Crippen molar-refractivity contribution in [3.05, 3.63) is 59.6 Å². The number of hydroxylamine groups is 1. The third-order valence-electron chi connectivity index (χ3n) is 4.47. The molecule has 26 heavy (non-hydrogen) atoms. The van der Waals surface area contributed by atoms with Gasteiger partial charge in [0, 0.05) is 31.8 Å². The van der Waals surface area contributed by atoms with Gasteiger partial charge in [-0.2, -0.15) is 0 Å². The van der Waals surface area contributed by atoms with E-state index in [4.69, 9.17) is 5.21 Å². The van der Waals surface area contributed by atoms with Crippen molar-refractivity contribution >= 4 is 17.8 Å². The molecule has 0 radical (unpaired) electrons. The van der Waals surface area contributed by atoms with Crippen molar-refractivity contribution in [2.75, 3.05) is 18.4 Å². The molecule has 2 aromatic rings. The van der Waals surface area contributed by atoms with Crippen molar-refractivity contribution in [1.29, 1.82) is 0 Å². The Kier molecular flexibility index (Phi) is 5.93. The molecule has 1 saturated heterocycles. The van der Waals surface area contributed by atoms with Crippen LogP contribution in [0.2, 0.25) is 0 Å². The maximum absolute atomic E-state index is 11.0. The van der Waals surface area contributed by atoms with Gasteiger partial charge in [0.1, 0.15) is 5.82 Å². The zero-order valence-electron chi connectivity index (χ0n) is 14.7. The molecule has 0 bridgehead atoms. The van der Waals surface area contributed by atoms with Crippen LogP contribution in [0, 0.1) is 6.92 Å². The van der Waals surface area contributed by atoms with Crippen molar-refractivity contribution in [3.63, 3.8) is 0 Å². The van der Waals surface area contributed by atoms with Crippen LogP contribution in [0.3, 0.4) is 0 Å². The maximum Gasteiger partial charge on any atom is 0.267 e. The highest BCUT2D eigenvalue weighted by Gasteiger charge is 2.22. The average Bonchev–Trinajstić information content (AvgIpc) is 3.09. The number of nitrogens with zero attached hydrogens (tertiary/aromatic N) is 3. The lowest BCUT2D eigenvalue weighted by Gasteiger charge is -2.18. The number of anilines is 1. The predicted octanol–water partition coefficient (Wildman–Crippen LogP) is 1.99. The molecule has 2 heterocycles. The van der Waals surface area contributed by atoms with E-state index < -0.39 is 5.91 Å². The Hall–Kier alpha value is -2.77. The zero-order chi connectivity index (χ0) is 18.4. The number of amides is 1. The van der Waals surface area contributed by atoms with E-state index in [1.807, 2.05) is 0 Å². The van der Waals surface area contributed by atoms with Crippen molar-refractivity contribution in [2.24, 2.45) is 0 Å². The minimum atomic E-state index is -0.603. The molecular weight excluding hydrogens is 330 g/mol. The fourth-order valence-corrected chi connectivity index (χ4v) is 3.03. The van der Waals surface area contributed by atoms with Gasteiger partial charge in [-0.15, -0.1) is 0 Å². The van der Waals surface area contributed by atoms with Gasteiger partial charge in [-0.3, -0.25) is 19.9 Å². The second-order valence-electron chi connectivity index (χ2n) is 6.43. The molecular formula is C19H23N5O2. The largest absolute Gasteiger partial charge is 0.365 e. The first-order valence-electron chi connectivity index (χ1n) is 8.61. The Balaban J connectivity index is 1.51. The molecule has 0 unspecified atom stereocenters. The smallest absolute Gasteiger partial charge is 0.267 e. The first-order chi connectivity index (χ1) is 12.6. The van der Waals surface area contributed by atoms with Crippen LogP contribution < -0.4 is 10.8 Å². The number of nitrogens with one attached hydrogen (secondary N) is 2. The molecule has 3 rings (SSSR count). The van der Waals surface area contributed by atoms with Crippen LogP contribution in [0.25, 0.3) is 6.08 Å². The summed E-state index contributed by atoms with van der Waals surface area (Å²) in [4.78, 5) is 22.0. The molecule has 1 atom stereocenters. The number of carbonyl (C=O) groups is 1. The van der Waals surface area contributed by atoms with Gasteiger partial charge in [-0.05, 0) is 30.5 Å². The van der Waals surface area contributed by atoms with Gasteiger partial charge < -0.3 is 5.32 Å². The molecule has 1 aromatic carbocycles. The third-order valence-corrected chi connectivity index (χ3v) is 4.47. The summed E-state index contributed by atoms with van der Waals surface area (Å²) in [6.07, 6.45) is 6.98. The molecule has 1 aliphatic heterocycles. The van der Waals surface area contributed by atoms with Crippen LogP contribution in [0.15, 0.2) is 42.7 Å². The topological polar surface area (TPSA) is 90.4 Å². The molecule has 0 aliphatic carbocycles. The molecule has 1 fully saturated rings. The third kappa shape index (κ3) is 4.87. The Bertz CT molecular complexity index is 776. The lowest BCUT2D eigenvalue weighted by molar-refractivity contribution is -0.124. The molecule has 7 nitrogen and oxygen atoms in total. The highest BCUT2D eigenvalue weighted by atomic mass is 16.5. The van der Waals surface area contributed by atoms with Crippen molar-refractivity contribution in [2.45, 2.75) is 25.9 Å². The highest BCUT2D eigenvalue weighted by Crippen LogP contribution is 2.18. The minimum absolute atomic E-state index is 0.342. The van der Waals surface area contributed by atoms with Gasteiger partial charge in [0.05, 0.1) is 18.1 Å². The number of hydrogen-bond acceptors (Lipinski definition) is 6. The predicted molar refractivity (Wildman–Crippen MR) is 99.5 cm³/mol. The highest BCUT2D eigenvalue weighted by molar-refractivity contribution is 5.90. The van der Waals surface area contributed by atoms with Crippen LogP contribution in [0.1, 0.15) is 23.2 Å². The molecule has 1 aliphatic rings. The van der Waals surface area contributed by atoms with E-state index in [2.05, 4.69) is 51.4 Å². The van der Waals surface area contributed by atoms with E-state index in [0.29, 0.717) is 11.7 Å². The second-order valence-corrected chi connectivity index (χ2v) is 6.43. The van der Waals surface area contributed by atoms with E-state index in [9.17, 15) is 4.79 Å². The van der Waals surface area contributed by atoms with Crippen LogP contribution in [-0.2, 0) is 11.3 Å². The molecule has 1 amide bonds. The number of likely N-dealkylation sites (tertiary alicyclic amines) is 1. The average molecular weight is 353 g/mol. The second kappa shape index (κ2) is 8.55. The number of benzene rings is 1.